The van der Waals surface area contributed by atoms with Crippen LogP contribution in [0.25, 0.3) is 0 Å². The fraction of sp³-hybridized carbons (Fsp3) is 0.630. The van der Waals surface area contributed by atoms with E-state index in [1.165, 1.54) is 44.2 Å². The van der Waals surface area contributed by atoms with Gasteiger partial charge in [-0.2, -0.15) is 0 Å². The molecule has 1 aliphatic heterocycles. The van der Waals surface area contributed by atoms with Gasteiger partial charge in [0.1, 0.15) is 0 Å². The molecule has 0 aromatic heterocycles. The summed E-state index contributed by atoms with van der Waals surface area (Å²) in [4.78, 5) is 2.72. The molecule has 0 bridgehead atoms. The molecule has 8 atom stereocenters. The number of rotatable bonds is 2. The van der Waals surface area contributed by atoms with Crippen molar-refractivity contribution in [2.75, 3.05) is 11.9 Å². The maximum absolute atomic E-state index is 2.81. The van der Waals surface area contributed by atoms with E-state index in [1.54, 1.807) is 5.56 Å². The van der Waals surface area contributed by atoms with Crippen LogP contribution in [0.5, 0.6) is 0 Å². The van der Waals surface area contributed by atoms with Gasteiger partial charge < -0.3 is 4.90 Å². The van der Waals surface area contributed by atoms with Crippen LogP contribution in [0.3, 0.4) is 0 Å². The van der Waals surface area contributed by atoms with Crippen molar-refractivity contribution >= 4 is 13.8 Å². The first kappa shape index (κ1) is 18.5. The first-order chi connectivity index (χ1) is 14.1. The highest BCUT2D eigenvalue weighted by molar-refractivity contribution is 6.80. The second kappa shape index (κ2) is 6.61. The minimum Gasteiger partial charge on any atom is -0.371 e. The number of anilines is 1. The Labute approximate surface area is 178 Å². The fourth-order valence-electron chi connectivity index (χ4n) is 9.00. The van der Waals surface area contributed by atoms with E-state index >= 15 is 0 Å². The van der Waals surface area contributed by atoms with Crippen molar-refractivity contribution < 1.29 is 0 Å². The van der Waals surface area contributed by atoms with Gasteiger partial charge in [-0.25, -0.2) is 0 Å². The zero-order valence-corrected chi connectivity index (χ0v) is 19.4. The molecule has 0 saturated heterocycles. The molecule has 3 saturated carbocycles. The van der Waals surface area contributed by atoms with Gasteiger partial charge in [0.05, 0.1) is 8.07 Å². The predicted molar refractivity (Wildman–Crippen MR) is 126 cm³/mol. The molecule has 1 aromatic rings. The number of allylic oxidation sites excluding steroid dienone is 4. The molecule has 154 valence electrons. The van der Waals surface area contributed by atoms with Crippen LogP contribution in [0.1, 0.15) is 50.0 Å². The minimum atomic E-state index is -1.45. The Kier molecular flexibility index (Phi) is 4.21. The Bertz CT molecular complexity index is 854. The Morgan fingerprint density at radius 1 is 0.897 bits per heavy atom. The van der Waals surface area contributed by atoms with E-state index in [4.69, 9.17) is 0 Å². The zero-order chi connectivity index (χ0) is 19.8. The van der Waals surface area contributed by atoms with Crippen LogP contribution < -0.4 is 4.90 Å². The smallest absolute Gasteiger partial charge is 0.0568 e. The normalized spacial score (nSPS) is 42.5. The summed E-state index contributed by atoms with van der Waals surface area (Å²) in [6.45, 7) is 5.61. The Balaban J connectivity index is 1.42. The molecule has 0 radical (unpaired) electrons. The molecule has 0 spiro atoms. The van der Waals surface area contributed by atoms with E-state index in [0.29, 0.717) is 17.9 Å². The Morgan fingerprint density at radius 3 is 2.52 bits per heavy atom. The number of para-hydroxylation sites is 1. The highest BCUT2D eigenvalue weighted by atomic mass is 28.3. The van der Waals surface area contributed by atoms with Gasteiger partial charge in [-0.1, -0.05) is 94.1 Å². The summed E-state index contributed by atoms with van der Waals surface area (Å²) in [6, 6.07) is 10.0. The predicted octanol–water partition coefficient (Wildman–Crippen LogP) is 7.01. The summed E-state index contributed by atoms with van der Waals surface area (Å²) < 4.78 is 0. The molecule has 29 heavy (non-hydrogen) atoms. The Hall–Kier alpha value is -1.28. The van der Waals surface area contributed by atoms with Crippen LogP contribution in [0.2, 0.25) is 24.2 Å². The summed E-state index contributed by atoms with van der Waals surface area (Å²) in [5.41, 5.74) is 5.07. The molecule has 3 fully saturated rings. The lowest BCUT2D eigenvalue weighted by Crippen LogP contribution is -2.49. The van der Waals surface area contributed by atoms with Crippen LogP contribution in [0.4, 0.5) is 5.69 Å². The van der Waals surface area contributed by atoms with Gasteiger partial charge in [-0.3, -0.25) is 0 Å². The van der Waals surface area contributed by atoms with Crippen LogP contribution in [0.15, 0.2) is 48.6 Å². The SMILES string of the molecule is CN1c2ccccc2C2C3C=CC=CC3C([Si](C)(C)C3CCC4CCCCC43)C21. The van der Waals surface area contributed by atoms with Crippen molar-refractivity contribution in [3.8, 4) is 0 Å². The fourth-order valence-corrected chi connectivity index (χ4v) is 14.6. The molecular formula is C27H37NSi. The van der Waals surface area contributed by atoms with Gasteiger partial charge in [0.2, 0.25) is 0 Å². The average molecular weight is 404 g/mol. The highest BCUT2D eigenvalue weighted by Crippen LogP contribution is 2.66. The van der Waals surface area contributed by atoms with Crippen molar-refractivity contribution in [2.45, 2.75) is 74.7 Å². The van der Waals surface area contributed by atoms with E-state index in [1.807, 2.05) is 0 Å². The molecule has 1 nitrogen and oxygen atoms in total. The highest BCUT2D eigenvalue weighted by Gasteiger charge is 2.62. The van der Waals surface area contributed by atoms with E-state index in [0.717, 1.165) is 28.8 Å². The molecule has 0 amide bonds. The molecule has 0 N–H and O–H groups in total. The number of fused-ring (bicyclic) bond motifs is 6. The van der Waals surface area contributed by atoms with Gasteiger partial charge in [0.15, 0.2) is 0 Å². The molecular weight excluding hydrogens is 366 g/mol. The third-order valence-corrected chi connectivity index (χ3v) is 15.1. The quantitative estimate of drug-likeness (QED) is 0.480. The monoisotopic (exact) mass is 403 g/mol. The third-order valence-electron chi connectivity index (χ3n) is 10.1. The molecule has 2 heteroatoms. The van der Waals surface area contributed by atoms with Crippen molar-refractivity contribution in [1.29, 1.82) is 0 Å². The number of nitrogens with zero attached hydrogens (tertiary/aromatic N) is 1. The first-order valence-electron chi connectivity index (χ1n) is 12.3. The molecule has 6 rings (SSSR count). The summed E-state index contributed by atoms with van der Waals surface area (Å²) in [5, 5.41) is 0. The minimum absolute atomic E-state index is 0.697. The van der Waals surface area contributed by atoms with E-state index in [9.17, 15) is 0 Å². The number of hydrogen-bond donors (Lipinski definition) is 0. The van der Waals surface area contributed by atoms with Crippen molar-refractivity contribution in [3.63, 3.8) is 0 Å². The number of hydrogen-bond acceptors (Lipinski definition) is 1. The second-order valence-corrected chi connectivity index (χ2v) is 16.4. The molecule has 1 heterocycles. The topological polar surface area (TPSA) is 3.24 Å². The molecule has 5 aliphatic rings. The van der Waals surface area contributed by atoms with E-state index in [2.05, 4.69) is 73.6 Å². The molecule has 1 aromatic carbocycles. The Morgan fingerprint density at radius 2 is 1.66 bits per heavy atom. The van der Waals surface area contributed by atoms with Crippen LogP contribution in [0, 0.1) is 23.7 Å². The summed E-state index contributed by atoms with van der Waals surface area (Å²) >= 11 is 0. The van der Waals surface area contributed by atoms with E-state index < -0.39 is 8.07 Å². The third kappa shape index (κ3) is 2.51. The van der Waals surface area contributed by atoms with Crippen molar-refractivity contribution in [3.05, 3.63) is 54.1 Å². The largest absolute Gasteiger partial charge is 0.371 e. The number of likely N-dealkylation sites (N-methyl/N-ethyl adjacent to an activating group) is 1. The van der Waals surface area contributed by atoms with Gasteiger partial charge in [0.25, 0.3) is 0 Å². The van der Waals surface area contributed by atoms with Gasteiger partial charge in [-0.15, -0.1) is 0 Å². The van der Waals surface area contributed by atoms with Crippen molar-refractivity contribution in [1.82, 2.24) is 0 Å². The van der Waals surface area contributed by atoms with Crippen LogP contribution >= 0.6 is 0 Å². The van der Waals surface area contributed by atoms with Crippen molar-refractivity contribution in [2.24, 2.45) is 23.7 Å². The lowest BCUT2D eigenvalue weighted by molar-refractivity contribution is 0.273. The second-order valence-electron chi connectivity index (χ2n) is 11.3. The van der Waals surface area contributed by atoms with Gasteiger partial charge in [-0.05, 0) is 46.4 Å². The van der Waals surface area contributed by atoms with Gasteiger partial charge in [0, 0.05) is 24.7 Å². The lowest BCUT2D eigenvalue weighted by atomic mass is 9.82. The lowest BCUT2D eigenvalue weighted by Gasteiger charge is -2.47. The summed E-state index contributed by atoms with van der Waals surface area (Å²) in [7, 11) is 0.959. The van der Waals surface area contributed by atoms with Gasteiger partial charge >= 0.3 is 0 Å². The molecule has 8 unspecified atom stereocenters. The average Bonchev–Trinajstić information content (AvgIpc) is 3.40. The zero-order valence-electron chi connectivity index (χ0n) is 18.4. The van der Waals surface area contributed by atoms with Crippen LogP contribution in [-0.4, -0.2) is 21.2 Å². The summed E-state index contributed by atoms with van der Waals surface area (Å²) in [5.74, 6) is 4.28. The number of benzene rings is 1. The van der Waals surface area contributed by atoms with E-state index in [-0.39, 0.29) is 0 Å². The summed E-state index contributed by atoms with van der Waals surface area (Å²) in [6.07, 6.45) is 19.0. The van der Waals surface area contributed by atoms with Crippen LogP contribution in [-0.2, 0) is 0 Å². The maximum Gasteiger partial charge on any atom is 0.0568 e. The maximum atomic E-state index is 2.81. The standard InChI is InChI=1S/C27H37NSi/c1-28-23-15-9-8-14-22(23)25-20-12-6-7-13-21(20)27(26(25)28)29(2,3)24-17-16-18-10-4-5-11-19(18)24/h6-9,12-15,18-21,24-27H,4-5,10-11,16-17H2,1-3H3. The molecule has 4 aliphatic carbocycles. The first-order valence-corrected chi connectivity index (χ1v) is 15.4.